The molecule has 88 valence electrons. The van der Waals surface area contributed by atoms with Gasteiger partial charge in [0.1, 0.15) is 22.9 Å². The Balaban J connectivity index is 2.47. The predicted molar refractivity (Wildman–Crippen MR) is 59.7 cm³/mol. The third-order valence-electron chi connectivity index (χ3n) is 2.34. The highest BCUT2D eigenvalue weighted by molar-refractivity contribution is 6.29. The second-order valence-corrected chi connectivity index (χ2v) is 3.84. The third-order valence-corrected chi connectivity index (χ3v) is 2.55. The van der Waals surface area contributed by atoms with Crippen molar-refractivity contribution in [2.24, 2.45) is 0 Å². The van der Waals surface area contributed by atoms with E-state index in [4.69, 9.17) is 11.6 Å². The molecule has 2 nitrogen and oxygen atoms in total. The topological polar surface area (TPSA) is 33.1 Å². The highest BCUT2D eigenvalue weighted by Gasteiger charge is 2.19. The summed E-state index contributed by atoms with van der Waals surface area (Å²) in [5, 5.41) is 10.1. The standard InChI is InChI=1S/C12H8ClF2NO/c13-10-6-7(4-5-16-10)12(17)11-8(14)2-1-3-9(11)15/h1-6,12,17H. The molecule has 1 unspecified atom stereocenters. The largest absolute Gasteiger partial charge is 0.383 e. The Morgan fingerprint density at radius 2 is 1.82 bits per heavy atom. The van der Waals surface area contributed by atoms with E-state index in [0.717, 1.165) is 12.1 Å². The van der Waals surface area contributed by atoms with Gasteiger partial charge in [0.15, 0.2) is 0 Å². The van der Waals surface area contributed by atoms with Gasteiger partial charge in [-0.1, -0.05) is 17.7 Å². The van der Waals surface area contributed by atoms with Gasteiger partial charge >= 0.3 is 0 Å². The third kappa shape index (κ3) is 2.43. The van der Waals surface area contributed by atoms with E-state index in [9.17, 15) is 13.9 Å². The SMILES string of the molecule is OC(c1ccnc(Cl)c1)c1c(F)cccc1F. The fourth-order valence-electron chi connectivity index (χ4n) is 1.53. The lowest BCUT2D eigenvalue weighted by Gasteiger charge is -2.13. The molecule has 0 bridgehead atoms. The second-order valence-electron chi connectivity index (χ2n) is 3.45. The maximum absolute atomic E-state index is 13.4. The number of aliphatic hydroxyl groups excluding tert-OH is 1. The van der Waals surface area contributed by atoms with Gasteiger partial charge in [-0.3, -0.25) is 0 Å². The van der Waals surface area contributed by atoms with Gasteiger partial charge < -0.3 is 5.11 Å². The molecule has 0 fully saturated rings. The van der Waals surface area contributed by atoms with Crippen molar-refractivity contribution in [2.75, 3.05) is 0 Å². The van der Waals surface area contributed by atoms with Gasteiger partial charge in [-0.2, -0.15) is 0 Å². The number of hydrogen-bond donors (Lipinski definition) is 1. The molecule has 0 spiro atoms. The van der Waals surface area contributed by atoms with E-state index in [-0.39, 0.29) is 10.7 Å². The minimum Gasteiger partial charge on any atom is -0.383 e. The Kier molecular flexibility index (Phi) is 3.36. The molecule has 17 heavy (non-hydrogen) atoms. The summed E-state index contributed by atoms with van der Waals surface area (Å²) in [7, 11) is 0. The summed E-state index contributed by atoms with van der Waals surface area (Å²) >= 11 is 5.65. The molecular weight excluding hydrogens is 248 g/mol. The van der Waals surface area contributed by atoms with Gasteiger partial charge in [-0.15, -0.1) is 0 Å². The zero-order valence-corrected chi connectivity index (χ0v) is 9.33. The van der Waals surface area contributed by atoms with Crippen molar-refractivity contribution in [3.63, 3.8) is 0 Å². The fraction of sp³-hybridized carbons (Fsp3) is 0.0833. The average molecular weight is 256 g/mol. The van der Waals surface area contributed by atoms with E-state index in [1.807, 2.05) is 0 Å². The Morgan fingerprint density at radius 1 is 1.18 bits per heavy atom. The van der Waals surface area contributed by atoms with Crippen LogP contribution in [0.2, 0.25) is 5.15 Å². The summed E-state index contributed by atoms with van der Waals surface area (Å²) in [4.78, 5) is 3.73. The molecule has 0 amide bonds. The molecule has 0 saturated heterocycles. The first-order chi connectivity index (χ1) is 8.09. The number of rotatable bonds is 2. The van der Waals surface area contributed by atoms with Gasteiger partial charge in [-0.05, 0) is 29.8 Å². The van der Waals surface area contributed by atoms with Gasteiger partial charge in [0.05, 0.1) is 5.56 Å². The Morgan fingerprint density at radius 3 is 2.41 bits per heavy atom. The van der Waals surface area contributed by atoms with Crippen LogP contribution in [0.5, 0.6) is 0 Å². The lowest BCUT2D eigenvalue weighted by atomic mass is 10.0. The minimum atomic E-state index is -1.41. The Labute approximate surface area is 102 Å². The molecule has 5 heteroatoms. The zero-order valence-electron chi connectivity index (χ0n) is 8.57. The highest BCUT2D eigenvalue weighted by Crippen LogP contribution is 2.27. The number of nitrogens with zero attached hydrogens (tertiary/aromatic N) is 1. The molecule has 1 atom stereocenters. The molecule has 0 aliphatic carbocycles. The molecule has 1 aromatic heterocycles. The first-order valence-electron chi connectivity index (χ1n) is 4.83. The molecule has 1 N–H and O–H groups in total. The van der Waals surface area contributed by atoms with Gasteiger partial charge in [0.2, 0.25) is 0 Å². The highest BCUT2D eigenvalue weighted by atomic mass is 35.5. The molecule has 2 aromatic rings. The van der Waals surface area contributed by atoms with E-state index >= 15 is 0 Å². The zero-order chi connectivity index (χ0) is 12.4. The number of hydrogen-bond acceptors (Lipinski definition) is 2. The molecule has 0 aliphatic rings. The van der Waals surface area contributed by atoms with Crippen molar-refractivity contribution in [3.05, 3.63) is 64.4 Å². The fourth-order valence-corrected chi connectivity index (χ4v) is 1.71. The van der Waals surface area contributed by atoms with Crippen molar-refractivity contribution >= 4 is 11.6 Å². The van der Waals surface area contributed by atoms with Crippen LogP contribution in [0.3, 0.4) is 0 Å². The lowest BCUT2D eigenvalue weighted by Crippen LogP contribution is -2.05. The van der Waals surface area contributed by atoms with E-state index in [2.05, 4.69) is 4.98 Å². The van der Waals surface area contributed by atoms with Crippen molar-refractivity contribution in [3.8, 4) is 0 Å². The maximum atomic E-state index is 13.4. The van der Waals surface area contributed by atoms with E-state index in [1.165, 1.54) is 24.4 Å². The van der Waals surface area contributed by atoms with Crippen LogP contribution < -0.4 is 0 Å². The number of aliphatic hydroxyl groups is 1. The number of aromatic nitrogens is 1. The van der Waals surface area contributed by atoms with Crippen LogP contribution in [0, 0.1) is 11.6 Å². The second kappa shape index (κ2) is 4.77. The van der Waals surface area contributed by atoms with Crippen LogP contribution in [0.25, 0.3) is 0 Å². The van der Waals surface area contributed by atoms with Crippen LogP contribution in [0.1, 0.15) is 17.2 Å². The molecular formula is C12H8ClF2NO. The first kappa shape index (κ1) is 12.0. The molecule has 0 aliphatic heterocycles. The van der Waals surface area contributed by atoms with Crippen LogP contribution in [0.15, 0.2) is 36.5 Å². The summed E-state index contributed by atoms with van der Waals surface area (Å²) in [5.41, 5.74) is -0.108. The molecule has 0 saturated carbocycles. The molecule has 2 rings (SSSR count). The monoisotopic (exact) mass is 255 g/mol. The number of halogens is 3. The average Bonchev–Trinajstić information content (AvgIpc) is 2.28. The lowest BCUT2D eigenvalue weighted by molar-refractivity contribution is 0.209. The Hall–Kier alpha value is -1.52. The van der Waals surface area contributed by atoms with Crippen molar-refractivity contribution < 1.29 is 13.9 Å². The quantitative estimate of drug-likeness (QED) is 0.837. The molecule has 1 aromatic carbocycles. The van der Waals surface area contributed by atoms with Crippen LogP contribution in [-0.2, 0) is 0 Å². The number of pyridine rings is 1. The van der Waals surface area contributed by atoms with E-state index < -0.39 is 23.3 Å². The molecule has 0 radical (unpaired) electrons. The summed E-state index contributed by atoms with van der Waals surface area (Å²) in [6.07, 6.45) is -0.0451. The Bertz CT molecular complexity index is 528. The van der Waals surface area contributed by atoms with Crippen LogP contribution in [-0.4, -0.2) is 10.1 Å². The minimum absolute atomic E-state index is 0.151. The predicted octanol–water partition coefficient (Wildman–Crippen LogP) is 3.09. The summed E-state index contributed by atoms with van der Waals surface area (Å²) in [6.45, 7) is 0. The number of benzene rings is 1. The van der Waals surface area contributed by atoms with Crippen molar-refractivity contribution in [1.82, 2.24) is 4.98 Å². The normalized spacial score (nSPS) is 12.5. The van der Waals surface area contributed by atoms with Crippen LogP contribution in [0.4, 0.5) is 8.78 Å². The summed E-state index contributed by atoms with van der Waals surface area (Å²) in [5.74, 6) is -1.60. The van der Waals surface area contributed by atoms with Gasteiger partial charge in [0, 0.05) is 6.20 Å². The van der Waals surface area contributed by atoms with Crippen molar-refractivity contribution in [2.45, 2.75) is 6.10 Å². The van der Waals surface area contributed by atoms with E-state index in [1.54, 1.807) is 0 Å². The molecule has 1 heterocycles. The first-order valence-corrected chi connectivity index (χ1v) is 5.21. The van der Waals surface area contributed by atoms with Crippen LogP contribution >= 0.6 is 11.6 Å². The van der Waals surface area contributed by atoms with Gasteiger partial charge in [-0.25, -0.2) is 13.8 Å². The summed E-state index contributed by atoms with van der Waals surface area (Å²) in [6, 6.07) is 6.22. The van der Waals surface area contributed by atoms with Gasteiger partial charge in [0.25, 0.3) is 0 Å². The maximum Gasteiger partial charge on any atom is 0.132 e. The van der Waals surface area contributed by atoms with E-state index in [0.29, 0.717) is 0 Å². The smallest absolute Gasteiger partial charge is 0.132 e. The summed E-state index contributed by atoms with van der Waals surface area (Å²) < 4.78 is 26.9. The van der Waals surface area contributed by atoms with Crippen molar-refractivity contribution in [1.29, 1.82) is 0 Å².